The lowest BCUT2D eigenvalue weighted by atomic mass is 9.77. The van der Waals surface area contributed by atoms with Crippen molar-refractivity contribution in [3.8, 4) is 0 Å². The Morgan fingerprint density at radius 1 is 1.04 bits per heavy atom. The lowest BCUT2D eigenvalue weighted by molar-refractivity contribution is -0.150. The first-order valence-corrected chi connectivity index (χ1v) is 17.1. The number of carboxylic acid groups (broad SMARTS) is 1. The van der Waals surface area contributed by atoms with Crippen molar-refractivity contribution >= 4 is 62.4 Å². The van der Waals surface area contributed by atoms with Crippen molar-refractivity contribution in [1.82, 2.24) is 15.2 Å². The van der Waals surface area contributed by atoms with Gasteiger partial charge in [0, 0.05) is 11.3 Å². The van der Waals surface area contributed by atoms with Crippen molar-refractivity contribution in [2.45, 2.75) is 17.0 Å². The van der Waals surface area contributed by atoms with Gasteiger partial charge in [-0.05, 0) is 22.3 Å². The Bertz CT molecular complexity index is 1810. The number of oxime groups is 1. The van der Waals surface area contributed by atoms with Crippen LogP contribution in [0.4, 0.5) is 5.13 Å². The minimum Gasteiger partial charge on any atom is -0.477 e. The molecule has 3 N–H and O–H groups in total. The maximum Gasteiger partial charge on any atom is 0.352 e. The summed E-state index contributed by atoms with van der Waals surface area (Å²) in [6.45, 7) is 0. The van der Waals surface area contributed by atoms with E-state index in [0.29, 0.717) is 5.13 Å². The van der Waals surface area contributed by atoms with Gasteiger partial charge < -0.3 is 20.6 Å². The number of halogens is 1. The zero-order valence-electron chi connectivity index (χ0n) is 24.8. The quantitative estimate of drug-likeness (QED) is 0.0706. The van der Waals surface area contributed by atoms with Crippen molar-refractivity contribution in [3.63, 3.8) is 0 Å². The number of aliphatic carboxylic acids is 1. The molecule has 0 radical (unpaired) electrons. The van der Waals surface area contributed by atoms with Crippen LogP contribution in [0.1, 0.15) is 22.4 Å². The first-order valence-electron chi connectivity index (χ1n) is 14.3. The number of amides is 2. The second-order valence-electron chi connectivity index (χ2n) is 10.6. The normalized spacial score (nSPS) is 19.4. The number of hydrogen-bond acceptors (Lipinski definition) is 9. The minimum atomic E-state index is -1.70. The molecule has 14 heteroatoms. The number of carboxylic acids is 1. The maximum absolute atomic E-state index is 13.6. The first kappa shape index (κ1) is 32.1. The Morgan fingerprint density at radius 2 is 1.60 bits per heavy atom. The fourth-order valence-corrected chi connectivity index (χ4v) is 8.61. The summed E-state index contributed by atoms with van der Waals surface area (Å²) < 4.78 is 13.0. The number of benzene rings is 3. The van der Waals surface area contributed by atoms with Crippen LogP contribution in [-0.4, -0.2) is 72.9 Å². The number of aromatic nitrogens is 1. The first-order chi connectivity index (χ1) is 22.8. The molecule has 1 aromatic heterocycles. The van der Waals surface area contributed by atoms with E-state index in [-0.39, 0.29) is 34.3 Å². The van der Waals surface area contributed by atoms with Gasteiger partial charge >= 0.3 is 5.97 Å². The van der Waals surface area contributed by atoms with E-state index in [1.54, 1.807) is 5.38 Å². The molecule has 1 unspecified atom stereocenters. The van der Waals surface area contributed by atoms with E-state index in [4.69, 9.17) is 21.4 Å². The number of hydrogen-bond donors (Lipinski definition) is 3. The summed E-state index contributed by atoms with van der Waals surface area (Å²) in [5, 5.41) is 20.9. The highest BCUT2D eigenvalue weighted by Gasteiger charge is 2.57. The molecule has 1 saturated heterocycles. The molecule has 3 heterocycles. The molecule has 2 amide bonds. The van der Waals surface area contributed by atoms with Crippen molar-refractivity contribution in [2.24, 2.45) is 5.16 Å². The standard InChI is InChI=1S/C33H28ClN5O6S2/c1-45-38-25(28(40)36-26-29(41)39-27(31(42)43)20(17-34)19-47(44)30(26)39)24-18-46-32(35-24)37-33(21-11-5-2-6-12-21,22-13-7-3-8-14-22)23-15-9-4-10-16-23/h2-16,18,26,30H,17,19H2,1H3,(H,35,37)(H,36,40)(H,42,43)/b38-25-/t26-,30-,47?/m1/s1. The molecule has 240 valence electrons. The third-order valence-electron chi connectivity index (χ3n) is 7.91. The maximum atomic E-state index is 13.6. The number of anilines is 1. The van der Waals surface area contributed by atoms with E-state index >= 15 is 0 Å². The van der Waals surface area contributed by atoms with Gasteiger partial charge in [0.15, 0.2) is 10.8 Å². The van der Waals surface area contributed by atoms with Crippen LogP contribution in [0, 0.1) is 0 Å². The molecule has 47 heavy (non-hydrogen) atoms. The number of rotatable bonds is 11. The highest BCUT2D eigenvalue weighted by atomic mass is 35.5. The summed E-state index contributed by atoms with van der Waals surface area (Å²) in [6.07, 6.45) is 0. The van der Waals surface area contributed by atoms with E-state index in [2.05, 4.69) is 15.8 Å². The number of nitrogens with one attached hydrogen (secondary N) is 2. The van der Waals surface area contributed by atoms with Crippen LogP contribution in [0.3, 0.4) is 0 Å². The van der Waals surface area contributed by atoms with Crippen LogP contribution >= 0.6 is 22.9 Å². The Kier molecular flexibility index (Phi) is 9.21. The SMILES string of the molecule is CO/N=C(\C(=O)N[C@@H]1C(=O)N2C(C(=O)O)=C(CCl)CS(=O)[C@H]12)c1csc(NC(c2ccccc2)(c2ccccc2)c2ccccc2)n1. The molecule has 0 saturated carbocycles. The third-order valence-corrected chi connectivity index (χ3v) is 10.6. The number of β-lactam (4-membered cyclic amide) rings is 1. The molecule has 11 nitrogen and oxygen atoms in total. The lowest BCUT2D eigenvalue weighted by Gasteiger charge is -2.48. The van der Waals surface area contributed by atoms with Crippen LogP contribution in [0.2, 0.25) is 0 Å². The van der Waals surface area contributed by atoms with Crippen LogP contribution < -0.4 is 10.6 Å². The predicted molar refractivity (Wildman–Crippen MR) is 179 cm³/mol. The van der Waals surface area contributed by atoms with Gasteiger partial charge in [0.25, 0.3) is 11.8 Å². The van der Waals surface area contributed by atoms with Crippen molar-refractivity contribution in [1.29, 1.82) is 0 Å². The summed E-state index contributed by atoms with van der Waals surface area (Å²) >= 11 is 7.13. The van der Waals surface area contributed by atoms with E-state index < -0.39 is 45.5 Å². The van der Waals surface area contributed by atoms with Gasteiger partial charge in [-0.1, -0.05) is 96.2 Å². The van der Waals surface area contributed by atoms with Gasteiger partial charge in [-0.25, -0.2) is 9.78 Å². The van der Waals surface area contributed by atoms with E-state index in [1.807, 2.05) is 91.0 Å². The molecule has 1 fully saturated rings. The van der Waals surface area contributed by atoms with Gasteiger partial charge in [-0.15, -0.1) is 22.9 Å². The number of carbonyl (C=O) groups is 3. The van der Waals surface area contributed by atoms with Gasteiger partial charge in [0.1, 0.15) is 35.5 Å². The number of carbonyl (C=O) groups excluding carboxylic acids is 2. The second kappa shape index (κ2) is 13.5. The molecular formula is C33H28ClN5O6S2. The van der Waals surface area contributed by atoms with Crippen LogP contribution in [-0.2, 0) is 35.6 Å². The summed E-state index contributed by atoms with van der Waals surface area (Å²) in [4.78, 5) is 49.2. The Hall–Kier alpha value is -4.85. The fraction of sp³-hybridized carbons (Fsp3) is 0.182. The molecule has 0 spiro atoms. The molecular weight excluding hydrogens is 662 g/mol. The second-order valence-corrected chi connectivity index (χ2v) is 13.3. The van der Waals surface area contributed by atoms with E-state index in [9.17, 15) is 23.7 Å². The Morgan fingerprint density at radius 3 is 2.09 bits per heavy atom. The zero-order chi connectivity index (χ0) is 33.1. The summed E-state index contributed by atoms with van der Waals surface area (Å²) in [6, 6.07) is 28.6. The number of fused-ring (bicyclic) bond motifs is 1. The monoisotopic (exact) mass is 689 g/mol. The summed E-state index contributed by atoms with van der Waals surface area (Å²) in [7, 11) is -0.424. The average Bonchev–Trinajstić information content (AvgIpc) is 3.56. The largest absolute Gasteiger partial charge is 0.477 e. The Balaban J connectivity index is 1.31. The van der Waals surface area contributed by atoms with Gasteiger partial charge in [-0.3, -0.25) is 18.7 Å². The number of nitrogens with zero attached hydrogens (tertiary/aromatic N) is 3. The molecule has 3 atom stereocenters. The summed E-state index contributed by atoms with van der Waals surface area (Å²) in [5.74, 6) is -3.19. The van der Waals surface area contributed by atoms with E-state index in [0.717, 1.165) is 21.6 Å². The van der Waals surface area contributed by atoms with Crippen LogP contribution in [0.25, 0.3) is 0 Å². The van der Waals surface area contributed by atoms with Crippen molar-refractivity contribution in [3.05, 3.63) is 130 Å². The number of thiazole rings is 1. The highest BCUT2D eigenvalue weighted by Crippen LogP contribution is 2.41. The van der Waals surface area contributed by atoms with Crippen LogP contribution in [0.15, 0.2) is 113 Å². The highest BCUT2D eigenvalue weighted by molar-refractivity contribution is 7.86. The minimum absolute atomic E-state index is 0.127. The van der Waals surface area contributed by atoms with Gasteiger partial charge in [-0.2, -0.15) is 0 Å². The van der Waals surface area contributed by atoms with Crippen molar-refractivity contribution in [2.75, 3.05) is 24.1 Å². The van der Waals surface area contributed by atoms with Gasteiger partial charge in [0.05, 0.1) is 16.6 Å². The van der Waals surface area contributed by atoms with Gasteiger partial charge in [0.2, 0.25) is 0 Å². The molecule has 6 rings (SSSR count). The smallest absolute Gasteiger partial charge is 0.352 e. The zero-order valence-corrected chi connectivity index (χ0v) is 27.2. The topological polar surface area (TPSA) is 150 Å². The summed E-state index contributed by atoms with van der Waals surface area (Å²) in [5.41, 5.74) is 1.83. The third kappa shape index (κ3) is 5.81. The predicted octanol–water partition coefficient (Wildman–Crippen LogP) is 3.89. The van der Waals surface area contributed by atoms with E-state index in [1.165, 1.54) is 18.4 Å². The average molecular weight is 690 g/mol. The molecule has 4 aromatic rings. The fourth-order valence-electron chi connectivity index (χ4n) is 5.84. The molecule has 2 aliphatic rings. The number of alkyl halides is 1. The lowest BCUT2D eigenvalue weighted by Crippen LogP contribution is -2.74. The molecule has 3 aromatic carbocycles. The van der Waals surface area contributed by atoms with Crippen LogP contribution in [0.5, 0.6) is 0 Å². The molecule has 2 aliphatic heterocycles. The molecule has 0 aliphatic carbocycles. The van der Waals surface area contributed by atoms with Crippen molar-refractivity contribution < 1.29 is 28.5 Å². The Labute approximate surface area is 281 Å². The molecule has 0 bridgehead atoms.